The Bertz CT molecular complexity index is 659. The van der Waals surface area contributed by atoms with Crippen LogP contribution in [0.3, 0.4) is 0 Å². The lowest BCUT2D eigenvalue weighted by Gasteiger charge is -2.13. The summed E-state index contributed by atoms with van der Waals surface area (Å²) in [6, 6.07) is 5.42. The zero-order chi connectivity index (χ0) is 15.1. The lowest BCUT2D eigenvalue weighted by atomic mass is 9.91. The van der Waals surface area contributed by atoms with Gasteiger partial charge in [0.2, 0.25) is 5.15 Å². The summed E-state index contributed by atoms with van der Waals surface area (Å²) in [5, 5.41) is 15.3. The SMILES string of the molecule is CC(C)(C)c1nn(-c2ccc(F)cc2)c(Cl)c1[N+](=O)[O-]. The van der Waals surface area contributed by atoms with Gasteiger partial charge in [-0.1, -0.05) is 32.4 Å². The van der Waals surface area contributed by atoms with Crippen LogP contribution >= 0.6 is 11.6 Å². The fourth-order valence-electron chi connectivity index (χ4n) is 1.81. The molecule has 0 atom stereocenters. The van der Waals surface area contributed by atoms with Crippen molar-refractivity contribution in [1.82, 2.24) is 9.78 Å². The molecule has 2 aromatic rings. The van der Waals surface area contributed by atoms with E-state index in [1.54, 1.807) is 0 Å². The summed E-state index contributed by atoms with van der Waals surface area (Å²) in [5.41, 5.74) is 0.00690. The van der Waals surface area contributed by atoms with Crippen LogP contribution in [0.4, 0.5) is 10.1 Å². The molecular weight excluding hydrogens is 285 g/mol. The van der Waals surface area contributed by atoms with E-state index in [1.165, 1.54) is 28.9 Å². The molecule has 0 saturated heterocycles. The van der Waals surface area contributed by atoms with E-state index in [9.17, 15) is 14.5 Å². The number of nitro groups is 1. The molecule has 106 valence electrons. The third-order valence-corrected chi connectivity index (χ3v) is 3.11. The largest absolute Gasteiger partial charge is 0.330 e. The summed E-state index contributed by atoms with van der Waals surface area (Å²) in [5.74, 6) is -0.400. The highest BCUT2D eigenvalue weighted by atomic mass is 35.5. The Morgan fingerprint density at radius 3 is 2.25 bits per heavy atom. The van der Waals surface area contributed by atoms with Crippen molar-refractivity contribution in [2.45, 2.75) is 26.2 Å². The normalized spacial score (nSPS) is 11.7. The Labute approximate surface area is 120 Å². The Morgan fingerprint density at radius 1 is 1.30 bits per heavy atom. The van der Waals surface area contributed by atoms with Crippen LogP contribution in [-0.4, -0.2) is 14.7 Å². The van der Waals surface area contributed by atoms with Crippen LogP contribution in [0.15, 0.2) is 24.3 Å². The second-order valence-corrected chi connectivity index (χ2v) is 5.74. The van der Waals surface area contributed by atoms with Crippen molar-refractivity contribution in [2.24, 2.45) is 0 Å². The molecule has 1 aromatic carbocycles. The third-order valence-electron chi connectivity index (χ3n) is 2.77. The van der Waals surface area contributed by atoms with Crippen LogP contribution in [0, 0.1) is 15.9 Å². The first kappa shape index (κ1) is 14.5. The van der Waals surface area contributed by atoms with Crippen molar-refractivity contribution < 1.29 is 9.31 Å². The summed E-state index contributed by atoms with van der Waals surface area (Å²) >= 11 is 6.07. The lowest BCUT2D eigenvalue weighted by molar-refractivity contribution is -0.385. The molecule has 5 nitrogen and oxygen atoms in total. The maximum absolute atomic E-state index is 12.9. The topological polar surface area (TPSA) is 61.0 Å². The van der Waals surface area contributed by atoms with Gasteiger partial charge >= 0.3 is 5.69 Å². The molecule has 0 N–H and O–H groups in total. The zero-order valence-electron chi connectivity index (χ0n) is 11.2. The van der Waals surface area contributed by atoms with Gasteiger partial charge in [0.15, 0.2) is 0 Å². The molecule has 0 aliphatic rings. The van der Waals surface area contributed by atoms with Gasteiger partial charge in [-0.15, -0.1) is 0 Å². The van der Waals surface area contributed by atoms with Gasteiger partial charge in [0.05, 0.1) is 10.6 Å². The summed E-state index contributed by atoms with van der Waals surface area (Å²) in [4.78, 5) is 10.7. The Hall–Kier alpha value is -1.95. The quantitative estimate of drug-likeness (QED) is 0.624. The van der Waals surface area contributed by atoms with Gasteiger partial charge in [0, 0.05) is 5.41 Å². The number of hydrogen-bond acceptors (Lipinski definition) is 3. The van der Waals surface area contributed by atoms with E-state index in [0.717, 1.165) is 0 Å². The molecule has 0 spiro atoms. The molecule has 0 aliphatic heterocycles. The maximum Gasteiger partial charge on any atom is 0.330 e. The van der Waals surface area contributed by atoms with Crippen molar-refractivity contribution in [3.63, 3.8) is 0 Å². The van der Waals surface area contributed by atoms with Crippen molar-refractivity contribution in [3.8, 4) is 5.69 Å². The van der Waals surface area contributed by atoms with Gasteiger partial charge in [0.1, 0.15) is 11.5 Å². The number of nitrogens with zero attached hydrogens (tertiary/aromatic N) is 3. The molecular formula is C13H13ClFN3O2. The Balaban J connectivity index is 2.67. The first-order valence-corrected chi connectivity index (χ1v) is 6.29. The summed E-state index contributed by atoms with van der Waals surface area (Å²) in [7, 11) is 0. The monoisotopic (exact) mass is 297 g/mol. The molecule has 1 heterocycles. The second kappa shape index (κ2) is 4.86. The summed E-state index contributed by atoms with van der Waals surface area (Å²) < 4.78 is 14.2. The minimum Gasteiger partial charge on any atom is -0.258 e. The minimum atomic E-state index is -0.546. The van der Waals surface area contributed by atoms with E-state index in [2.05, 4.69) is 5.10 Å². The molecule has 0 radical (unpaired) electrons. The molecule has 2 rings (SSSR count). The van der Waals surface area contributed by atoms with Gasteiger partial charge in [-0.05, 0) is 24.3 Å². The van der Waals surface area contributed by atoms with E-state index < -0.39 is 16.2 Å². The number of aromatic nitrogens is 2. The van der Waals surface area contributed by atoms with Gasteiger partial charge in [-0.3, -0.25) is 10.1 Å². The van der Waals surface area contributed by atoms with Gasteiger partial charge < -0.3 is 0 Å². The molecule has 0 saturated carbocycles. The van der Waals surface area contributed by atoms with Crippen LogP contribution in [0.1, 0.15) is 26.5 Å². The summed E-state index contributed by atoms with van der Waals surface area (Å²) in [6.45, 7) is 5.44. The average Bonchev–Trinajstić information content (AvgIpc) is 2.68. The molecule has 0 aliphatic carbocycles. The fraction of sp³-hybridized carbons (Fsp3) is 0.308. The van der Waals surface area contributed by atoms with Crippen LogP contribution in [-0.2, 0) is 5.41 Å². The molecule has 0 fully saturated rings. The number of rotatable bonds is 2. The smallest absolute Gasteiger partial charge is 0.258 e. The van der Waals surface area contributed by atoms with Gasteiger partial charge in [-0.2, -0.15) is 5.10 Å². The molecule has 0 bridgehead atoms. The standard InChI is InChI=1S/C13H13ClFN3O2/c1-13(2,3)11-10(18(19)20)12(14)17(16-11)9-6-4-8(15)5-7-9/h4-7H,1-3H3. The van der Waals surface area contributed by atoms with Crippen LogP contribution < -0.4 is 0 Å². The highest BCUT2D eigenvalue weighted by Gasteiger charge is 2.34. The average molecular weight is 298 g/mol. The lowest BCUT2D eigenvalue weighted by Crippen LogP contribution is -2.14. The highest BCUT2D eigenvalue weighted by molar-refractivity contribution is 6.32. The van der Waals surface area contributed by atoms with E-state index in [0.29, 0.717) is 5.69 Å². The van der Waals surface area contributed by atoms with Gasteiger partial charge in [-0.25, -0.2) is 9.07 Å². The number of hydrogen-bond donors (Lipinski definition) is 0. The van der Waals surface area contributed by atoms with E-state index >= 15 is 0 Å². The minimum absolute atomic E-state index is 0.0912. The van der Waals surface area contributed by atoms with E-state index in [-0.39, 0.29) is 16.5 Å². The Kier molecular flexibility index (Phi) is 3.52. The van der Waals surface area contributed by atoms with E-state index in [1.807, 2.05) is 20.8 Å². The molecule has 1 aromatic heterocycles. The highest BCUT2D eigenvalue weighted by Crippen LogP contribution is 2.37. The van der Waals surface area contributed by atoms with Crippen LogP contribution in [0.2, 0.25) is 5.15 Å². The fourth-order valence-corrected chi connectivity index (χ4v) is 2.10. The Morgan fingerprint density at radius 2 is 1.85 bits per heavy atom. The summed E-state index contributed by atoms with van der Waals surface area (Å²) in [6.07, 6.45) is 0. The predicted octanol–water partition coefficient (Wildman–Crippen LogP) is 3.87. The molecule has 20 heavy (non-hydrogen) atoms. The third kappa shape index (κ3) is 2.51. The first-order chi connectivity index (χ1) is 9.21. The second-order valence-electron chi connectivity index (χ2n) is 5.38. The van der Waals surface area contributed by atoms with Crippen molar-refractivity contribution >= 4 is 17.3 Å². The molecule has 7 heteroatoms. The van der Waals surface area contributed by atoms with Crippen molar-refractivity contribution in [1.29, 1.82) is 0 Å². The zero-order valence-corrected chi connectivity index (χ0v) is 12.0. The van der Waals surface area contributed by atoms with E-state index in [4.69, 9.17) is 11.6 Å². The maximum atomic E-state index is 12.9. The first-order valence-electron chi connectivity index (χ1n) is 5.91. The van der Waals surface area contributed by atoms with Crippen molar-refractivity contribution in [3.05, 3.63) is 51.0 Å². The molecule has 0 amide bonds. The number of halogens is 2. The van der Waals surface area contributed by atoms with Crippen LogP contribution in [0.25, 0.3) is 5.69 Å². The van der Waals surface area contributed by atoms with Crippen LogP contribution in [0.5, 0.6) is 0 Å². The molecule has 0 unspecified atom stereocenters. The number of benzene rings is 1. The van der Waals surface area contributed by atoms with Gasteiger partial charge in [0.25, 0.3) is 0 Å². The predicted molar refractivity (Wildman–Crippen MR) is 73.9 cm³/mol. The van der Waals surface area contributed by atoms with Crippen molar-refractivity contribution in [2.75, 3.05) is 0 Å².